The van der Waals surface area contributed by atoms with Crippen LogP contribution in [0.25, 0.3) is 11.8 Å². The van der Waals surface area contributed by atoms with Crippen molar-refractivity contribution >= 4 is 6.08 Å². The number of nitriles is 1. The van der Waals surface area contributed by atoms with Crippen molar-refractivity contribution in [2.75, 3.05) is 0 Å². The highest BCUT2D eigenvalue weighted by Crippen LogP contribution is 2.29. The van der Waals surface area contributed by atoms with Crippen LogP contribution >= 0.6 is 0 Å². The lowest BCUT2D eigenvalue weighted by molar-refractivity contribution is 0.523. The van der Waals surface area contributed by atoms with Gasteiger partial charge < -0.3 is 4.57 Å². The molecule has 0 amide bonds. The van der Waals surface area contributed by atoms with Gasteiger partial charge >= 0.3 is 0 Å². The minimum Gasteiger partial charge on any atom is -0.318 e. The minimum absolute atomic E-state index is 0.187. The predicted octanol–water partition coefficient (Wildman–Crippen LogP) is 5.19. The molecule has 22 heavy (non-hydrogen) atoms. The highest BCUT2D eigenvalue weighted by molar-refractivity contribution is 5.62. The van der Waals surface area contributed by atoms with Crippen molar-refractivity contribution in [3.63, 3.8) is 0 Å². The third-order valence-corrected chi connectivity index (χ3v) is 3.78. The van der Waals surface area contributed by atoms with Gasteiger partial charge in [-0.3, -0.25) is 0 Å². The van der Waals surface area contributed by atoms with Gasteiger partial charge in [0.2, 0.25) is 0 Å². The molecule has 0 N–H and O–H groups in total. The van der Waals surface area contributed by atoms with Crippen molar-refractivity contribution in [2.24, 2.45) is 5.41 Å². The van der Waals surface area contributed by atoms with E-state index in [-0.39, 0.29) is 11.2 Å². The lowest BCUT2D eigenvalue weighted by Gasteiger charge is -2.17. The molecule has 3 heteroatoms. The molecule has 0 saturated heterocycles. The molecule has 2 aromatic rings. The van der Waals surface area contributed by atoms with Crippen LogP contribution < -0.4 is 0 Å². The molecule has 0 aliphatic heterocycles. The minimum atomic E-state index is -0.245. The molecule has 0 fully saturated rings. The van der Waals surface area contributed by atoms with Crippen molar-refractivity contribution in [1.82, 2.24) is 4.57 Å². The van der Waals surface area contributed by atoms with Gasteiger partial charge in [0.1, 0.15) is 5.82 Å². The molecule has 0 aliphatic rings. The van der Waals surface area contributed by atoms with Crippen molar-refractivity contribution in [2.45, 2.75) is 34.6 Å². The number of halogens is 1. The zero-order chi connectivity index (χ0) is 16.5. The standard InChI is InChI=1S/C19H21FN2/c1-13-10-15(11-16(12-21)19(3,4)5)14(2)22(13)18-8-6-17(20)7-9-18/h6-11H,1-5H3. The van der Waals surface area contributed by atoms with Crippen LogP contribution in [0, 0.1) is 36.4 Å². The van der Waals surface area contributed by atoms with Crippen molar-refractivity contribution < 1.29 is 4.39 Å². The van der Waals surface area contributed by atoms with E-state index in [9.17, 15) is 9.65 Å². The Balaban J connectivity index is 2.55. The average Bonchev–Trinajstić information content (AvgIpc) is 2.71. The van der Waals surface area contributed by atoms with E-state index in [1.807, 2.05) is 40.7 Å². The molecule has 0 bridgehead atoms. The third kappa shape index (κ3) is 3.12. The van der Waals surface area contributed by atoms with E-state index in [0.717, 1.165) is 28.2 Å². The Hall–Kier alpha value is -2.34. The molecule has 0 saturated carbocycles. The Morgan fingerprint density at radius 2 is 1.77 bits per heavy atom. The SMILES string of the molecule is Cc1cc(C=C(C#N)C(C)(C)C)c(C)n1-c1ccc(F)cc1. The summed E-state index contributed by atoms with van der Waals surface area (Å²) in [6.07, 6.45) is 1.95. The fourth-order valence-corrected chi connectivity index (χ4v) is 2.49. The number of aromatic nitrogens is 1. The Morgan fingerprint density at radius 1 is 1.18 bits per heavy atom. The maximum atomic E-state index is 13.1. The molecule has 0 spiro atoms. The summed E-state index contributed by atoms with van der Waals surface area (Å²) >= 11 is 0. The molecule has 0 radical (unpaired) electrons. The third-order valence-electron chi connectivity index (χ3n) is 3.78. The Labute approximate surface area is 131 Å². The maximum absolute atomic E-state index is 13.1. The topological polar surface area (TPSA) is 28.7 Å². The molecule has 1 aromatic heterocycles. The number of hydrogen-bond acceptors (Lipinski definition) is 1. The monoisotopic (exact) mass is 296 g/mol. The lowest BCUT2D eigenvalue weighted by atomic mass is 9.86. The van der Waals surface area contributed by atoms with E-state index in [4.69, 9.17) is 0 Å². The van der Waals surface area contributed by atoms with Crippen molar-refractivity contribution in [1.29, 1.82) is 5.26 Å². The summed E-state index contributed by atoms with van der Waals surface area (Å²) in [4.78, 5) is 0. The highest BCUT2D eigenvalue weighted by Gasteiger charge is 2.18. The molecular weight excluding hydrogens is 275 g/mol. The van der Waals surface area contributed by atoms with E-state index < -0.39 is 0 Å². The quantitative estimate of drug-likeness (QED) is 0.701. The van der Waals surface area contributed by atoms with Crippen LogP contribution in [0.1, 0.15) is 37.7 Å². The van der Waals surface area contributed by atoms with Crippen LogP contribution in [0.15, 0.2) is 35.9 Å². The lowest BCUT2D eigenvalue weighted by Crippen LogP contribution is -2.07. The fourth-order valence-electron chi connectivity index (χ4n) is 2.49. The number of rotatable bonds is 2. The van der Waals surface area contributed by atoms with Gasteiger partial charge in [-0.1, -0.05) is 20.8 Å². The molecule has 1 aromatic carbocycles. The van der Waals surface area contributed by atoms with E-state index in [1.54, 1.807) is 12.1 Å². The predicted molar refractivity (Wildman–Crippen MR) is 88.2 cm³/mol. The largest absolute Gasteiger partial charge is 0.318 e. The normalized spacial score (nSPS) is 12.3. The summed E-state index contributed by atoms with van der Waals surface area (Å²) < 4.78 is 15.2. The second-order valence-corrected chi connectivity index (χ2v) is 6.56. The highest BCUT2D eigenvalue weighted by atomic mass is 19.1. The molecule has 114 valence electrons. The van der Waals surface area contributed by atoms with E-state index in [0.29, 0.717) is 0 Å². The summed E-state index contributed by atoms with van der Waals surface area (Å²) in [7, 11) is 0. The van der Waals surface area contributed by atoms with Crippen LogP contribution in [0.3, 0.4) is 0 Å². The fraction of sp³-hybridized carbons (Fsp3) is 0.316. The Morgan fingerprint density at radius 3 is 2.27 bits per heavy atom. The van der Waals surface area contributed by atoms with Gasteiger partial charge in [-0.25, -0.2) is 4.39 Å². The molecule has 0 aliphatic carbocycles. The first kappa shape index (κ1) is 16.0. The number of hydrogen-bond donors (Lipinski definition) is 0. The van der Waals surface area contributed by atoms with E-state index in [2.05, 4.69) is 16.7 Å². The van der Waals surface area contributed by atoms with Crippen LogP contribution in [0.5, 0.6) is 0 Å². The first-order valence-electron chi connectivity index (χ1n) is 7.31. The first-order chi connectivity index (χ1) is 10.2. The smallest absolute Gasteiger partial charge is 0.123 e. The molecule has 2 rings (SSSR count). The number of benzene rings is 1. The summed E-state index contributed by atoms with van der Waals surface area (Å²) in [5, 5.41) is 9.37. The van der Waals surface area contributed by atoms with E-state index in [1.165, 1.54) is 12.1 Å². The second kappa shape index (κ2) is 5.81. The van der Waals surface area contributed by atoms with Crippen LogP contribution in [-0.4, -0.2) is 4.57 Å². The van der Waals surface area contributed by atoms with Gasteiger partial charge in [0.05, 0.1) is 6.07 Å². The molecule has 1 heterocycles. The van der Waals surface area contributed by atoms with Gasteiger partial charge in [0.15, 0.2) is 0 Å². The molecular formula is C19H21FN2. The van der Waals surface area contributed by atoms with Gasteiger partial charge in [0.25, 0.3) is 0 Å². The van der Waals surface area contributed by atoms with Crippen molar-refractivity contribution in [3.05, 3.63) is 58.7 Å². The number of nitrogens with zero attached hydrogens (tertiary/aromatic N) is 2. The number of allylic oxidation sites excluding steroid dienone is 1. The summed E-state index contributed by atoms with van der Waals surface area (Å²) in [6.45, 7) is 10.1. The second-order valence-electron chi connectivity index (χ2n) is 6.56. The summed E-state index contributed by atoms with van der Waals surface area (Å²) in [6, 6.07) is 10.8. The zero-order valence-corrected chi connectivity index (χ0v) is 13.7. The molecule has 0 atom stereocenters. The van der Waals surface area contributed by atoms with Crippen molar-refractivity contribution in [3.8, 4) is 11.8 Å². The van der Waals surface area contributed by atoms with Gasteiger partial charge in [-0.15, -0.1) is 0 Å². The maximum Gasteiger partial charge on any atom is 0.123 e. The average molecular weight is 296 g/mol. The summed E-state index contributed by atoms with van der Waals surface area (Å²) in [5.74, 6) is -0.245. The number of aryl methyl sites for hydroxylation is 1. The summed E-state index contributed by atoms with van der Waals surface area (Å²) in [5.41, 5.74) is 4.60. The van der Waals surface area contributed by atoms with Gasteiger partial charge in [-0.05, 0) is 61.2 Å². The van der Waals surface area contributed by atoms with Crippen LogP contribution in [0.4, 0.5) is 4.39 Å². The van der Waals surface area contributed by atoms with Gasteiger partial charge in [0, 0.05) is 22.6 Å². The Bertz CT molecular complexity index is 750. The zero-order valence-electron chi connectivity index (χ0n) is 13.7. The van der Waals surface area contributed by atoms with E-state index >= 15 is 0 Å². The van der Waals surface area contributed by atoms with Crippen LogP contribution in [-0.2, 0) is 0 Å². The Kier molecular flexibility index (Phi) is 4.23. The van der Waals surface area contributed by atoms with Crippen LogP contribution in [0.2, 0.25) is 0 Å². The molecule has 0 unspecified atom stereocenters. The molecule has 2 nitrogen and oxygen atoms in total. The first-order valence-corrected chi connectivity index (χ1v) is 7.31. The van der Waals surface area contributed by atoms with Gasteiger partial charge in [-0.2, -0.15) is 5.26 Å².